The van der Waals surface area contributed by atoms with E-state index >= 15 is 0 Å². The molecular formula is C12H11F3N2O4. The number of carboxylic acids is 1. The quantitative estimate of drug-likeness (QED) is 0.745. The smallest absolute Gasteiger partial charge is 0.490 e. The molecule has 0 atom stereocenters. The average Bonchev–Trinajstić information content (AvgIpc) is 2.39. The Morgan fingerprint density at radius 3 is 2.43 bits per heavy atom. The molecule has 0 spiro atoms. The summed E-state index contributed by atoms with van der Waals surface area (Å²) < 4.78 is 31.7. The predicted octanol–water partition coefficient (Wildman–Crippen LogP) is 1.82. The van der Waals surface area contributed by atoms with Crippen molar-refractivity contribution in [1.82, 2.24) is 9.97 Å². The first-order valence-corrected chi connectivity index (χ1v) is 5.66. The first-order valence-electron chi connectivity index (χ1n) is 5.66. The summed E-state index contributed by atoms with van der Waals surface area (Å²) in [5.41, 5.74) is 1.06. The number of hydrogen-bond donors (Lipinski definition) is 3. The molecule has 1 aromatic heterocycles. The van der Waals surface area contributed by atoms with Gasteiger partial charge >= 0.3 is 12.1 Å². The number of fused-ring (bicyclic) bond motifs is 1. The van der Waals surface area contributed by atoms with Crippen LogP contribution >= 0.6 is 0 Å². The Hall–Kier alpha value is -2.58. The minimum Gasteiger partial charge on any atom is -0.506 e. The number of phenols is 1. The van der Waals surface area contributed by atoms with Gasteiger partial charge in [-0.25, -0.2) is 9.78 Å². The van der Waals surface area contributed by atoms with Gasteiger partial charge in [0.05, 0.1) is 11.7 Å². The molecule has 3 N–H and O–H groups in total. The van der Waals surface area contributed by atoms with Gasteiger partial charge in [0.25, 0.3) is 5.56 Å². The van der Waals surface area contributed by atoms with Crippen LogP contribution in [0.2, 0.25) is 0 Å². The standard InChI is InChI=1S/C10H10N2O2.C2HF3O2/c1-2-6-3-7-9(8(13)4-6)11-5-12-10(7)14;3-2(4,5)1(6)7/h3-5,13H,2H2,1H3,(H,11,12,14);(H,6,7). The summed E-state index contributed by atoms with van der Waals surface area (Å²) in [4.78, 5) is 26.7. The number of aryl methyl sites for hydroxylation is 1. The molecule has 0 saturated carbocycles. The van der Waals surface area contributed by atoms with Crippen LogP contribution < -0.4 is 5.56 Å². The zero-order valence-corrected chi connectivity index (χ0v) is 10.7. The second-order valence-electron chi connectivity index (χ2n) is 3.90. The molecule has 0 aliphatic rings. The average molecular weight is 304 g/mol. The molecule has 0 radical (unpaired) electrons. The summed E-state index contributed by atoms with van der Waals surface area (Å²) in [6, 6.07) is 3.38. The number of nitrogens with zero attached hydrogens (tertiary/aromatic N) is 1. The van der Waals surface area contributed by atoms with Crippen LogP contribution in [-0.4, -0.2) is 32.3 Å². The zero-order chi connectivity index (χ0) is 16.2. The number of aromatic amines is 1. The summed E-state index contributed by atoms with van der Waals surface area (Å²) in [5, 5.41) is 17.2. The van der Waals surface area contributed by atoms with E-state index in [1.54, 1.807) is 12.1 Å². The lowest BCUT2D eigenvalue weighted by Crippen LogP contribution is -2.21. The molecule has 0 fully saturated rings. The highest BCUT2D eigenvalue weighted by Gasteiger charge is 2.38. The second kappa shape index (κ2) is 6.25. The number of benzene rings is 1. The van der Waals surface area contributed by atoms with Crippen LogP contribution in [0.5, 0.6) is 5.75 Å². The highest BCUT2D eigenvalue weighted by Crippen LogP contribution is 2.21. The molecule has 0 unspecified atom stereocenters. The van der Waals surface area contributed by atoms with E-state index < -0.39 is 12.1 Å². The molecule has 6 nitrogen and oxygen atoms in total. The fraction of sp³-hybridized carbons (Fsp3) is 0.250. The van der Waals surface area contributed by atoms with Gasteiger partial charge in [-0.3, -0.25) is 4.79 Å². The Bertz CT molecular complexity index is 710. The van der Waals surface area contributed by atoms with Gasteiger partial charge in [-0.05, 0) is 24.1 Å². The van der Waals surface area contributed by atoms with Crippen molar-refractivity contribution in [1.29, 1.82) is 0 Å². The number of carbonyl (C=O) groups is 1. The van der Waals surface area contributed by atoms with Crippen molar-refractivity contribution < 1.29 is 28.2 Å². The molecule has 1 aromatic carbocycles. The van der Waals surface area contributed by atoms with Gasteiger partial charge in [0.2, 0.25) is 0 Å². The van der Waals surface area contributed by atoms with E-state index in [0.717, 1.165) is 12.0 Å². The van der Waals surface area contributed by atoms with E-state index in [0.29, 0.717) is 10.9 Å². The second-order valence-corrected chi connectivity index (χ2v) is 3.90. The van der Waals surface area contributed by atoms with Crippen LogP contribution in [0.4, 0.5) is 13.2 Å². The summed E-state index contributed by atoms with van der Waals surface area (Å²) >= 11 is 0. The first kappa shape index (κ1) is 16.5. The van der Waals surface area contributed by atoms with Crippen molar-refractivity contribution in [3.63, 3.8) is 0 Å². The van der Waals surface area contributed by atoms with Crippen molar-refractivity contribution in [2.45, 2.75) is 19.5 Å². The highest BCUT2D eigenvalue weighted by atomic mass is 19.4. The molecule has 0 aliphatic carbocycles. The number of aliphatic carboxylic acids is 1. The fourth-order valence-electron chi connectivity index (χ4n) is 1.42. The van der Waals surface area contributed by atoms with Crippen molar-refractivity contribution >= 4 is 16.9 Å². The van der Waals surface area contributed by atoms with Gasteiger partial charge in [0.15, 0.2) is 0 Å². The number of alkyl halides is 3. The number of carboxylic acid groups (broad SMARTS) is 1. The summed E-state index contributed by atoms with van der Waals surface area (Å²) in [7, 11) is 0. The van der Waals surface area contributed by atoms with E-state index in [-0.39, 0.29) is 11.3 Å². The molecular weight excluding hydrogens is 293 g/mol. The van der Waals surface area contributed by atoms with Crippen molar-refractivity contribution in [2.75, 3.05) is 0 Å². The number of aromatic hydroxyl groups is 1. The first-order chi connectivity index (χ1) is 9.66. The lowest BCUT2D eigenvalue weighted by atomic mass is 10.1. The van der Waals surface area contributed by atoms with Gasteiger partial charge in [0, 0.05) is 0 Å². The van der Waals surface area contributed by atoms with Gasteiger partial charge in [0.1, 0.15) is 11.3 Å². The minimum absolute atomic E-state index is 0.0606. The largest absolute Gasteiger partial charge is 0.506 e. The Morgan fingerprint density at radius 1 is 1.38 bits per heavy atom. The third-order valence-electron chi connectivity index (χ3n) is 2.43. The number of aromatic nitrogens is 2. The Morgan fingerprint density at radius 2 is 1.95 bits per heavy atom. The monoisotopic (exact) mass is 304 g/mol. The van der Waals surface area contributed by atoms with Crippen LogP contribution in [0.25, 0.3) is 10.9 Å². The summed E-state index contributed by atoms with van der Waals surface area (Å²) in [5.74, 6) is -2.70. The van der Waals surface area contributed by atoms with E-state index in [4.69, 9.17) is 9.90 Å². The Kier molecular flexibility index (Phi) is 4.90. The van der Waals surface area contributed by atoms with E-state index in [1.165, 1.54) is 6.33 Å². The number of rotatable bonds is 1. The lowest BCUT2D eigenvalue weighted by Gasteiger charge is -2.01. The molecule has 2 aromatic rings. The molecule has 114 valence electrons. The third kappa shape index (κ3) is 4.20. The van der Waals surface area contributed by atoms with E-state index in [9.17, 15) is 23.1 Å². The summed E-state index contributed by atoms with van der Waals surface area (Å²) in [6.07, 6.45) is -3.02. The van der Waals surface area contributed by atoms with Gasteiger partial charge < -0.3 is 15.2 Å². The van der Waals surface area contributed by atoms with Crippen molar-refractivity contribution in [3.05, 3.63) is 34.4 Å². The van der Waals surface area contributed by atoms with Gasteiger partial charge in [-0.1, -0.05) is 6.92 Å². The lowest BCUT2D eigenvalue weighted by molar-refractivity contribution is -0.192. The van der Waals surface area contributed by atoms with Gasteiger partial charge in [-0.2, -0.15) is 13.2 Å². The molecule has 9 heteroatoms. The maximum atomic E-state index is 11.4. The number of hydrogen-bond acceptors (Lipinski definition) is 4. The number of phenolic OH excluding ortho intramolecular Hbond substituents is 1. The van der Waals surface area contributed by atoms with Crippen molar-refractivity contribution in [3.8, 4) is 5.75 Å². The van der Waals surface area contributed by atoms with Crippen LogP contribution in [-0.2, 0) is 11.2 Å². The summed E-state index contributed by atoms with van der Waals surface area (Å²) in [6.45, 7) is 1.96. The van der Waals surface area contributed by atoms with E-state index in [2.05, 4.69) is 9.97 Å². The SMILES string of the molecule is CCc1cc(O)c2nc[nH]c(=O)c2c1.O=C(O)C(F)(F)F. The predicted molar refractivity (Wildman–Crippen MR) is 67.1 cm³/mol. The minimum atomic E-state index is -5.08. The van der Waals surface area contributed by atoms with Crippen molar-refractivity contribution in [2.24, 2.45) is 0 Å². The van der Waals surface area contributed by atoms with Crippen LogP contribution in [0.3, 0.4) is 0 Å². The number of nitrogens with one attached hydrogen (secondary N) is 1. The number of H-pyrrole nitrogens is 1. The fourth-order valence-corrected chi connectivity index (χ4v) is 1.42. The Labute approximate surface area is 115 Å². The number of halogens is 3. The zero-order valence-electron chi connectivity index (χ0n) is 10.7. The maximum Gasteiger partial charge on any atom is 0.490 e. The molecule has 0 amide bonds. The molecule has 0 saturated heterocycles. The van der Waals surface area contributed by atoms with Crippen LogP contribution in [0.1, 0.15) is 12.5 Å². The van der Waals surface area contributed by atoms with Gasteiger partial charge in [-0.15, -0.1) is 0 Å². The molecule has 1 heterocycles. The van der Waals surface area contributed by atoms with E-state index in [1.807, 2.05) is 6.92 Å². The third-order valence-corrected chi connectivity index (χ3v) is 2.43. The Balaban J connectivity index is 0.000000270. The molecule has 0 bridgehead atoms. The van der Waals surface area contributed by atoms with Crippen LogP contribution in [0, 0.1) is 0 Å². The molecule has 0 aliphatic heterocycles. The molecule has 21 heavy (non-hydrogen) atoms. The normalized spacial score (nSPS) is 10.9. The molecule has 2 rings (SSSR count). The van der Waals surface area contributed by atoms with Crippen LogP contribution in [0.15, 0.2) is 23.3 Å². The highest BCUT2D eigenvalue weighted by molar-refractivity contribution is 5.83. The maximum absolute atomic E-state index is 11.4. The topological polar surface area (TPSA) is 103 Å².